The van der Waals surface area contributed by atoms with Gasteiger partial charge in [0.1, 0.15) is 0 Å². The first-order valence-electron chi connectivity index (χ1n) is 8.67. The lowest BCUT2D eigenvalue weighted by Crippen LogP contribution is -3.62. The maximum absolute atomic E-state index is 13.1. The predicted molar refractivity (Wildman–Crippen MR) is 95.9 cm³/mol. The van der Waals surface area contributed by atoms with Crippen LogP contribution in [-0.4, -0.2) is 4.57 Å². The molecule has 0 unspecified atom stereocenters. The summed E-state index contributed by atoms with van der Waals surface area (Å²) < 4.78 is 8.30. The Hall–Kier alpha value is -2.61. The van der Waals surface area contributed by atoms with Crippen LogP contribution < -0.4 is 37.5 Å². The summed E-state index contributed by atoms with van der Waals surface area (Å²) in [5, 5.41) is 13.8. The molecule has 0 spiro atoms. The van der Waals surface area contributed by atoms with E-state index < -0.39 is 32.6 Å². The molecule has 134 valence electrons. The molecule has 0 fully saturated rings. The van der Waals surface area contributed by atoms with Gasteiger partial charge in [-0.1, -0.05) is 30.3 Å². The van der Waals surface area contributed by atoms with Crippen LogP contribution in [0.3, 0.4) is 0 Å². The van der Waals surface area contributed by atoms with Gasteiger partial charge in [0.2, 0.25) is 0 Å². The standard InChI is InChI=1S/C21H14INO4/c24-18-15-19(27-21(26)16(18)22-13-8-2-1-3-9-13)14-10-4-6-12-7-5-11-23(17(12)14)20(15)25/h1-4,6,8-10H,5,7,11H2. The lowest BCUT2D eigenvalue weighted by Gasteiger charge is -2.21. The molecule has 4 aromatic rings. The Bertz CT molecular complexity index is 1320. The van der Waals surface area contributed by atoms with Crippen LogP contribution in [0, 0.1) is 7.14 Å². The number of nitrogens with zero attached hydrogens (tertiary/aromatic N) is 1. The molecule has 5 rings (SSSR count). The van der Waals surface area contributed by atoms with Crippen molar-refractivity contribution in [3.05, 3.63) is 82.0 Å². The summed E-state index contributed by atoms with van der Waals surface area (Å²) in [6.07, 6.45) is 1.72. The van der Waals surface area contributed by atoms with Crippen molar-refractivity contribution in [2.45, 2.75) is 19.4 Å². The summed E-state index contributed by atoms with van der Waals surface area (Å²) in [6, 6.07) is 15.1. The lowest BCUT2D eigenvalue weighted by molar-refractivity contribution is -0.606. The van der Waals surface area contributed by atoms with Gasteiger partial charge >= 0.3 is 26.8 Å². The van der Waals surface area contributed by atoms with E-state index in [0.29, 0.717) is 11.9 Å². The molecule has 1 aliphatic heterocycles. The molecular weight excluding hydrogens is 457 g/mol. The van der Waals surface area contributed by atoms with Crippen LogP contribution in [-0.2, 0) is 13.0 Å². The highest BCUT2D eigenvalue weighted by atomic mass is 127. The number of benzene rings is 2. The van der Waals surface area contributed by atoms with E-state index in [1.807, 2.05) is 48.5 Å². The molecule has 2 aromatic carbocycles. The zero-order valence-electron chi connectivity index (χ0n) is 14.2. The topological polar surface area (TPSA) is 75.3 Å². The minimum absolute atomic E-state index is 0.00628. The zero-order chi connectivity index (χ0) is 18.5. The number of para-hydroxylation sites is 1. The van der Waals surface area contributed by atoms with Crippen LogP contribution in [0.4, 0.5) is 0 Å². The van der Waals surface area contributed by atoms with Crippen molar-refractivity contribution in [3.8, 4) is 5.75 Å². The van der Waals surface area contributed by atoms with E-state index >= 15 is 0 Å². The minimum atomic E-state index is -1.02. The monoisotopic (exact) mass is 471 g/mol. The molecule has 0 N–H and O–H groups in total. The van der Waals surface area contributed by atoms with E-state index in [2.05, 4.69) is 0 Å². The fourth-order valence-electron chi connectivity index (χ4n) is 3.72. The molecule has 2 aromatic heterocycles. The van der Waals surface area contributed by atoms with Gasteiger partial charge in [0, 0.05) is 11.9 Å². The first-order chi connectivity index (χ1) is 13.1. The second kappa shape index (κ2) is 6.23. The highest BCUT2D eigenvalue weighted by Crippen LogP contribution is 2.30. The van der Waals surface area contributed by atoms with Gasteiger partial charge in [-0.05, 0) is 42.4 Å². The maximum atomic E-state index is 13.1. The van der Waals surface area contributed by atoms with Gasteiger partial charge in [-0.2, -0.15) is 0 Å². The van der Waals surface area contributed by atoms with E-state index in [4.69, 9.17) is 4.42 Å². The highest BCUT2D eigenvalue weighted by molar-refractivity contribution is 6.04. The second-order valence-corrected chi connectivity index (χ2v) is 9.36. The fourth-order valence-corrected chi connectivity index (χ4v) is 5.96. The quantitative estimate of drug-likeness (QED) is 0.285. The molecule has 0 aliphatic carbocycles. The first kappa shape index (κ1) is 16.6. The number of halogens is 1. The van der Waals surface area contributed by atoms with Crippen LogP contribution in [0.25, 0.3) is 21.9 Å². The number of hydrogen-bond acceptors (Lipinski definition) is 4. The molecule has 6 heteroatoms. The SMILES string of the molecule is O=c1oc2c(c([O-])c1[I+]c1ccccc1)c(=O)n1c3c(cccc23)CCC1. The first-order valence-corrected chi connectivity index (χ1v) is 10.8. The van der Waals surface area contributed by atoms with Crippen molar-refractivity contribution in [2.24, 2.45) is 0 Å². The Morgan fingerprint density at radius 2 is 1.85 bits per heavy atom. The van der Waals surface area contributed by atoms with Crippen molar-refractivity contribution < 1.29 is 30.7 Å². The van der Waals surface area contributed by atoms with Gasteiger partial charge < -0.3 is 14.1 Å². The van der Waals surface area contributed by atoms with Crippen molar-refractivity contribution in [3.63, 3.8) is 0 Å². The van der Waals surface area contributed by atoms with Gasteiger partial charge in [0.15, 0.2) is 9.15 Å². The van der Waals surface area contributed by atoms with Gasteiger partial charge in [0.25, 0.3) is 9.13 Å². The van der Waals surface area contributed by atoms with E-state index in [0.717, 1.165) is 27.5 Å². The van der Waals surface area contributed by atoms with E-state index in [-0.39, 0.29) is 20.1 Å². The summed E-state index contributed by atoms with van der Waals surface area (Å²) in [4.78, 5) is 25.7. The third-order valence-corrected chi connectivity index (χ3v) is 7.70. The molecule has 0 atom stereocenters. The molecule has 1 aliphatic rings. The summed E-state index contributed by atoms with van der Waals surface area (Å²) >= 11 is -1.02. The third-order valence-electron chi connectivity index (χ3n) is 4.89. The van der Waals surface area contributed by atoms with Crippen molar-refractivity contribution in [1.82, 2.24) is 4.57 Å². The third kappa shape index (κ3) is 2.50. The van der Waals surface area contributed by atoms with Gasteiger partial charge in [0.05, 0.1) is 10.9 Å². The van der Waals surface area contributed by atoms with Gasteiger partial charge in [-0.25, -0.2) is 4.79 Å². The lowest BCUT2D eigenvalue weighted by atomic mass is 10.00. The molecule has 0 bridgehead atoms. The Morgan fingerprint density at radius 1 is 1.04 bits per heavy atom. The van der Waals surface area contributed by atoms with Gasteiger partial charge in [-0.15, -0.1) is 0 Å². The molecule has 27 heavy (non-hydrogen) atoms. The number of pyridine rings is 1. The van der Waals surface area contributed by atoms with Crippen LogP contribution in [0.15, 0.2) is 62.5 Å². The van der Waals surface area contributed by atoms with Crippen molar-refractivity contribution in [1.29, 1.82) is 0 Å². The molecule has 0 amide bonds. The average molecular weight is 471 g/mol. The maximum Gasteiger partial charge on any atom is 0.390 e. The van der Waals surface area contributed by atoms with E-state index in [9.17, 15) is 14.7 Å². The molecule has 3 heterocycles. The predicted octanol–water partition coefficient (Wildman–Crippen LogP) is -0.744. The number of aryl methyl sites for hydroxylation is 2. The highest BCUT2D eigenvalue weighted by Gasteiger charge is 2.27. The normalized spacial score (nSPS) is 13.3. The number of fused-ring (bicyclic) bond motifs is 2. The summed E-state index contributed by atoms with van der Waals surface area (Å²) in [6.45, 7) is 0.573. The summed E-state index contributed by atoms with van der Waals surface area (Å²) in [5.74, 6) is -0.468. The van der Waals surface area contributed by atoms with E-state index in [1.54, 1.807) is 4.57 Å². The minimum Gasteiger partial charge on any atom is -0.869 e. The molecule has 0 saturated heterocycles. The smallest absolute Gasteiger partial charge is 0.390 e. The van der Waals surface area contributed by atoms with Crippen molar-refractivity contribution >= 4 is 21.9 Å². The van der Waals surface area contributed by atoms with E-state index in [1.165, 1.54) is 0 Å². The Labute approximate surface area is 164 Å². The molecule has 5 nitrogen and oxygen atoms in total. The molecular formula is C21H14INO4. The summed E-state index contributed by atoms with van der Waals surface area (Å²) in [5.41, 5.74) is 0.996. The zero-order valence-corrected chi connectivity index (χ0v) is 16.4. The van der Waals surface area contributed by atoms with Crippen molar-refractivity contribution in [2.75, 3.05) is 0 Å². The van der Waals surface area contributed by atoms with Crippen LogP contribution in [0.1, 0.15) is 12.0 Å². The number of rotatable bonds is 2. The van der Waals surface area contributed by atoms with Crippen LogP contribution in [0.2, 0.25) is 0 Å². The Morgan fingerprint density at radius 3 is 2.67 bits per heavy atom. The summed E-state index contributed by atoms with van der Waals surface area (Å²) in [7, 11) is 0. The largest absolute Gasteiger partial charge is 0.869 e. The average Bonchev–Trinajstić information content (AvgIpc) is 2.69. The Kier molecular flexibility index (Phi) is 3.82. The van der Waals surface area contributed by atoms with Gasteiger partial charge in [-0.3, -0.25) is 4.79 Å². The van der Waals surface area contributed by atoms with Crippen LogP contribution >= 0.6 is 0 Å². The fraction of sp³-hybridized carbons (Fsp3) is 0.143. The molecule has 0 saturated carbocycles. The van der Waals surface area contributed by atoms with Crippen LogP contribution in [0.5, 0.6) is 5.75 Å². The Balaban J connectivity index is 1.88. The number of hydrogen-bond donors (Lipinski definition) is 0. The molecule has 0 radical (unpaired) electrons. The number of aromatic nitrogens is 1. The second-order valence-electron chi connectivity index (χ2n) is 6.50.